The van der Waals surface area contributed by atoms with Crippen LogP contribution in [-0.4, -0.2) is 34.8 Å². The van der Waals surface area contributed by atoms with E-state index >= 15 is 0 Å². The van der Waals surface area contributed by atoms with Gasteiger partial charge in [-0.05, 0) is 26.2 Å². The minimum absolute atomic E-state index is 0.138. The molecule has 22 heavy (non-hydrogen) atoms. The van der Waals surface area contributed by atoms with Crippen LogP contribution >= 0.6 is 11.3 Å². The molecule has 1 rings (SSSR count). The minimum atomic E-state index is -0.880. The van der Waals surface area contributed by atoms with Gasteiger partial charge in [-0.25, -0.2) is 9.78 Å². The molecule has 6 heteroatoms. The highest BCUT2D eigenvalue weighted by atomic mass is 32.1. The molecule has 2 atom stereocenters. The molecule has 0 aromatic carbocycles. The Labute approximate surface area is 137 Å². The van der Waals surface area contributed by atoms with Crippen LogP contribution in [0.25, 0.3) is 0 Å². The molecule has 5 nitrogen and oxygen atoms in total. The largest absolute Gasteiger partial charge is 0.388 e. The Balaban J connectivity index is 2.31. The lowest BCUT2D eigenvalue weighted by atomic mass is 9.89. The standard InChI is InChI=1S/C16H29N3O2S/c1-6-11(3)16(5,21)10-18-15(20)17-9-8-14-19-13(7-2)12(4)22-14/h11,21H,6-10H2,1-5H3,(H2,17,18,20). The van der Waals surface area contributed by atoms with Gasteiger partial charge in [0.2, 0.25) is 0 Å². The van der Waals surface area contributed by atoms with Crippen molar-refractivity contribution >= 4 is 17.4 Å². The lowest BCUT2D eigenvalue weighted by molar-refractivity contribution is 0.00791. The number of aryl methyl sites for hydroxylation is 2. The first kappa shape index (κ1) is 18.9. The van der Waals surface area contributed by atoms with Crippen molar-refractivity contribution in [3.05, 3.63) is 15.6 Å². The van der Waals surface area contributed by atoms with Gasteiger partial charge in [-0.15, -0.1) is 11.3 Å². The lowest BCUT2D eigenvalue weighted by Crippen LogP contribution is -2.48. The molecule has 0 saturated heterocycles. The van der Waals surface area contributed by atoms with Gasteiger partial charge in [-0.2, -0.15) is 0 Å². The summed E-state index contributed by atoms with van der Waals surface area (Å²) in [5.74, 6) is 0.138. The molecule has 0 aliphatic heterocycles. The molecular weight excluding hydrogens is 298 g/mol. The number of thiazole rings is 1. The molecule has 0 spiro atoms. The van der Waals surface area contributed by atoms with Crippen LogP contribution in [-0.2, 0) is 12.8 Å². The molecule has 1 aromatic rings. The average molecular weight is 327 g/mol. The molecule has 0 bridgehead atoms. The van der Waals surface area contributed by atoms with Crippen LogP contribution < -0.4 is 10.6 Å². The van der Waals surface area contributed by atoms with E-state index in [4.69, 9.17) is 0 Å². The van der Waals surface area contributed by atoms with Crippen LogP contribution in [0.15, 0.2) is 0 Å². The van der Waals surface area contributed by atoms with E-state index in [0.29, 0.717) is 6.54 Å². The molecule has 0 aliphatic carbocycles. The SMILES string of the molecule is CCc1nc(CCNC(=O)NCC(C)(O)C(C)CC)sc1C. The second kappa shape index (κ2) is 8.48. The Morgan fingerprint density at radius 2 is 2.09 bits per heavy atom. The van der Waals surface area contributed by atoms with Gasteiger partial charge < -0.3 is 15.7 Å². The van der Waals surface area contributed by atoms with Crippen LogP contribution in [0.5, 0.6) is 0 Å². The van der Waals surface area contributed by atoms with Crippen LogP contribution in [0.4, 0.5) is 4.79 Å². The number of hydrogen-bond acceptors (Lipinski definition) is 4. The molecule has 126 valence electrons. The first-order valence-corrected chi connectivity index (χ1v) is 8.81. The van der Waals surface area contributed by atoms with E-state index in [1.165, 1.54) is 4.88 Å². The summed E-state index contributed by atoms with van der Waals surface area (Å²) in [5, 5.41) is 16.8. The Kier molecular flexibility index (Phi) is 7.29. The molecule has 3 N–H and O–H groups in total. The highest BCUT2D eigenvalue weighted by Gasteiger charge is 2.27. The Bertz CT molecular complexity index is 486. The van der Waals surface area contributed by atoms with E-state index in [2.05, 4.69) is 29.5 Å². The van der Waals surface area contributed by atoms with Crippen LogP contribution in [0.3, 0.4) is 0 Å². The third kappa shape index (κ3) is 5.57. The number of amides is 2. The van der Waals surface area contributed by atoms with Crippen molar-refractivity contribution in [3.8, 4) is 0 Å². The summed E-state index contributed by atoms with van der Waals surface area (Å²) in [7, 11) is 0. The van der Waals surface area contributed by atoms with Gasteiger partial charge in [-0.1, -0.05) is 27.2 Å². The smallest absolute Gasteiger partial charge is 0.314 e. The number of nitrogens with one attached hydrogen (secondary N) is 2. The lowest BCUT2D eigenvalue weighted by Gasteiger charge is -2.29. The molecular formula is C16H29N3O2S. The number of nitrogens with zero attached hydrogens (tertiary/aromatic N) is 1. The maximum Gasteiger partial charge on any atom is 0.314 e. The first-order valence-electron chi connectivity index (χ1n) is 7.99. The molecule has 0 fully saturated rings. The van der Waals surface area contributed by atoms with Crippen molar-refractivity contribution in [2.45, 2.75) is 59.5 Å². The molecule has 1 heterocycles. The quantitative estimate of drug-likeness (QED) is 0.687. The zero-order valence-corrected chi connectivity index (χ0v) is 15.1. The summed E-state index contributed by atoms with van der Waals surface area (Å²) in [6, 6.07) is -0.243. The molecule has 2 unspecified atom stereocenters. The summed E-state index contributed by atoms with van der Waals surface area (Å²) >= 11 is 1.69. The predicted octanol–water partition coefficient (Wildman–Crippen LogP) is 2.65. The van der Waals surface area contributed by atoms with Gasteiger partial charge >= 0.3 is 6.03 Å². The van der Waals surface area contributed by atoms with E-state index in [1.807, 2.05) is 13.8 Å². The zero-order valence-electron chi connectivity index (χ0n) is 14.3. The second-order valence-corrected chi connectivity index (χ2v) is 7.28. The average Bonchev–Trinajstić information content (AvgIpc) is 2.84. The predicted molar refractivity (Wildman–Crippen MR) is 91.4 cm³/mol. The highest BCUT2D eigenvalue weighted by molar-refractivity contribution is 7.11. The monoisotopic (exact) mass is 327 g/mol. The fraction of sp³-hybridized carbons (Fsp3) is 0.750. The Morgan fingerprint density at radius 1 is 1.41 bits per heavy atom. The fourth-order valence-corrected chi connectivity index (χ4v) is 3.16. The maximum atomic E-state index is 11.8. The van der Waals surface area contributed by atoms with Crippen molar-refractivity contribution < 1.29 is 9.90 Å². The fourth-order valence-electron chi connectivity index (χ4n) is 2.14. The highest BCUT2D eigenvalue weighted by Crippen LogP contribution is 2.19. The normalized spacial score (nSPS) is 15.2. The third-order valence-corrected chi connectivity index (χ3v) is 5.25. The van der Waals surface area contributed by atoms with Gasteiger partial charge in [0.25, 0.3) is 0 Å². The summed E-state index contributed by atoms with van der Waals surface area (Å²) in [4.78, 5) is 17.6. The Morgan fingerprint density at radius 3 is 2.64 bits per heavy atom. The molecule has 1 aromatic heterocycles. The number of carbonyl (C=O) groups excluding carboxylic acids is 1. The maximum absolute atomic E-state index is 11.8. The van der Waals surface area contributed by atoms with E-state index < -0.39 is 5.60 Å². The van der Waals surface area contributed by atoms with Crippen molar-refractivity contribution in [1.29, 1.82) is 0 Å². The second-order valence-electron chi connectivity index (χ2n) is 5.99. The van der Waals surface area contributed by atoms with Gasteiger partial charge in [-0.3, -0.25) is 0 Å². The summed E-state index contributed by atoms with van der Waals surface area (Å²) in [6.07, 6.45) is 2.56. The van der Waals surface area contributed by atoms with Crippen LogP contribution in [0.2, 0.25) is 0 Å². The molecule has 2 amide bonds. The van der Waals surface area contributed by atoms with Crippen LogP contribution in [0, 0.1) is 12.8 Å². The number of hydrogen-bond donors (Lipinski definition) is 3. The van der Waals surface area contributed by atoms with E-state index in [0.717, 1.165) is 30.0 Å². The molecule has 0 aliphatic rings. The number of urea groups is 1. The van der Waals surface area contributed by atoms with Crippen molar-refractivity contribution in [2.24, 2.45) is 5.92 Å². The minimum Gasteiger partial charge on any atom is -0.388 e. The molecule has 0 saturated carbocycles. The number of rotatable bonds is 8. The number of aromatic nitrogens is 1. The van der Waals surface area contributed by atoms with E-state index in [9.17, 15) is 9.90 Å². The number of aliphatic hydroxyl groups is 1. The van der Waals surface area contributed by atoms with Gasteiger partial charge in [0, 0.05) is 24.4 Å². The van der Waals surface area contributed by atoms with Crippen LogP contribution in [0.1, 0.15) is 49.7 Å². The topological polar surface area (TPSA) is 74.2 Å². The van der Waals surface area contributed by atoms with Gasteiger partial charge in [0.05, 0.1) is 16.3 Å². The Hall–Kier alpha value is -1.14. The van der Waals surface area contributed by atoms with E-state index in [1.54, 1.807) is 18.3 Å². The summed E-state index contributed by atoms with van der Waals surface area (Å²) in [6.45, 7) is 10.7. The third-order valence-electron chi connectivity index (χ3n) is 4.18. The van der Waals surface area contributed by atoms with Gasteiger partial charge in [0.1, 0.15) is 0 Å². The number of carbonyl (C=O) groups is 1. The summed E-state index contributed by atoms with van der Waals surface area (Å²) < 4.78 is 0. The first-order chi connectivity index (χ1) is 10.3. The molecule has 0 radical (unpaired) electrons. The van der Waals surface area contributed by atoms with Crippen molar-refractivity contribution in [2.75, 3.05) is 13.1 Å². The van der Waals surface area contributed by atoms with Gasteiger partial charge in [0.15, 0.2) is 0 Å². The zero-order chi connectivity index (χ0) is 16.8. The van der Waals surface area contributed by atoms with Crippen molar-refractivity contribution in [3.63, 3.8) is 0 Å². The summed E-state index contributed by atoms with van der Waals surface area (Å²) in [5.41, 5.74) is 0.267. The van der Waals surface area contributed by atoms with E-state index in [-0.39, 0.29) is 18.5 Å². The van der Waals surface area contributed by atoms with Crippen molar-refractivity contribution in [1.82, 2.24) is 15.6 Å².